The molecule has 5 rings (SSSR count). The molecule has 2 aliphatic rings. The van der Waals surface area contributed by atoms with Crippen LogP contribution in [0, 0.1) is 19.8 Å². The molecule has 1 atom stereocenters. The normalized spacial score (nSPS) is 16.6. The van der Waals surface area contributed by atoms with Crippen LogP contribution in [0.15, 0.2) is 35.3 Å². The fraction of sp³-hybridized carbons (Fsp3) is 0.500. The van der Waals surface area contributed by atoms with Gasteiger partial charge in [-0.25, -0.2) is 15.0 Å². The summed E-state index contributed by atoms with van der Waals surface area (Å²) in [6, 6.07) is 5.87. The van der Waals surface area contributed by atoms with E-state index in [-0.39, 0.29) is 12.5 Å². The van der Waals surface area contributed by atoms with Crippen molar-refractivity contribution in [2.75, 3.05) is 19.6 Å². The lowest BCUT2D eigenvalue weighted by Gasteiger charge is -2.31. The van der Waals surface area contributed by atoms with Gasteiger partial charge in [0.25, 0.3) is 5.91 Å². The number of aliphatic hydroxyl groups is 1. The number of aryl methyl sites for hydroxylation is 1. The van der Waals surface area contributed by atoms with Gasteiger partial charge in [0.2, 0.25) is 0 Å². The van der Waals surface area contributed by atoms with Crippen LogP contribution < -0.4 is 10.1 Å². The summed E-state index contributed by atoms with van der Waals surface area (Å²) in [4.78, 5) is 27.4. The third-order valence-electron chi connectivity index (χ3n) is 7.57. The van der Waals surface area contributed by atoms with Crippen molar-refractivity contribution in [3.8, 4) is 5.75 Å². The van der Waals surface area contributed by atoms with Gasteiger partial charge in [0.15, 0.2) is 12.2 Å². The molecule has 1 saturated carbocycles. The molecule has 0 unspecified atom stereocenters. The Morgan fingerprint density at radius 1 is 1.27 bits per heavy atom. The first kappa shape index (κ1) is 25.4. The number of benzene rings is 1. The van der Waals surface area contributed by atoms with Crippen molar-refractivity contribution in [2.45, 2.75) is 65.2 Å². The first-order chi connectivity index (χ1) is 18.0. The summed E-state index contributed by atoms with van der Waals surface area (Å²) in [6.07, 6.45) is 7.74. The van der Waals surface area contributed by atoms with E-state index in [1.165, 1.54) is 43.1 Å². The average molecular weight is 506 g/mol. The van der Waals surface area contributed by atoms with Gasteiger partial charge in [-0.15, -0.1) is 0 Å². The van der Waals surface area contributed by atoms with Crippen molar-refractivity contribution in [3.05, 3.63) is 70.5 Å². The molecule has 0 spiro atoms. The number of amides is 1. The zero-order valence-electron chi connectivity index (χ0n) is 21.6. The smallest absolute Gasteiger partial charge is 0.270 e. The van der Waals surface area contributed by atoms with E-state index in [9.17, 15) is 9.90 Å². The lowest BCUT2D eigenvalue weighted by Crippen LogP contribution is -2.42. The Morgan fingerprint density at radius 2 is 2.14 bits per heavy atom. The zero-order valence-corrected chi connectivity index (χ0v) is 21.6. The summed E-state index contributed by atoms with van der Waals surface area (Å²) in [5, 5.41) is 13.4. The van der Waals surface area contributed by atoms with Gasteiger partial charge >= 0.3 is 0 Å². The van der Waals surface area contributed by atoms with Gasteiger partial charge in [-0.1, -0.05) is 25.3 Å². The first-order valence-corrected chi connectivity index (χ1v) is 13.1. The molecule has 37 heavy (non-hydrogen) atoms. The fourth-order valence-electron chi connectivity index (χ4n) is 5.09. The van der Waals surface area contributed by atoms with Crippen LogP contribution in [0.25, 0.3) is 0 Å². The number of rotatable bonds is 10. The molecule has 1 aliphatic carbocycles. The molecule has 0 radical (unpaired) electrons. The van der Waals surface area contributed by atoms with Crippen molar-refractivity contribution in [3.63, 3.8) is 0 Å². The van der Waals surface area contributed by atoms with Crippen molar-refractivity contribution in [1.29, 1.82) is 0 Å². The highest BCUT2D eigenvalue weighted by molar-refractivity contribution is 5.92. The summed E-state index contributed by atoms with van der Waals surface area (Å²) >= 11 is 0. The van der Waals surface area contributed by atoms with E-state index in [2.05, 4.69) is 38.2 Å². The van der Waals surface area contributed by atoms with Crippen LogP contribution in [-0.2, 0) is 26.0 Å². The van der Waals surface area contributed by atoms with Crippen LogP contribution in [0.4, 0.5) is 0 Å². The van der Waals surface area contributed by atoms with E-state index in [4.69, 9.17) is 9.15 Å². The predicted molar refractivity (Wildman–Crippen MR) is 137 cm³/mol. The fourth-order valence-corrected chi connectivity index (χ4v) is 5.09. The highest BCUT2D eigenvalue weighted by Gasteiger charge is 2.23. The van der Waals surface area contributed by atoms with Crippen molar-refractivity contribution in [2.24, 2.45) is 5.92 Å². The minimum Gasteiger partial charge on any atom is -0.485 e. The number of oxazole rings is 1. The lowest BCUT2D eigenvalue weighted by molar-refractivity contribution is 0.0837. The van der Waals surface area contributed by atoms with Gasteiger partial charge in [-0.05, 0) is 61.4 Å². The van der Waals surface area contributed by atoms with Crippen LogP contribution in [0.2, 0.25) is 0 Å². The minimum atomic E-state index is -0.671. The number of carbonyl (C=O) groups excluding carboxylic acids is 1. The maximum atomic E-state index is 12.6. The maximum absolute atomic E-state index is 12.6. The summed E-state index contributed by atoms with van der Waals surface area (Å²) in [5.74, 6) is 1.99. The molecule has 1 fully saturated rings. The molecule has 9 nitrogen and oxygen atoms in total. The molecule has 2 N–H and O–H groups in total. The Labute approximate surface area is 217 Å². The Bertz CT molecular complexity index is 1240. The third kappa shape index (κ3) is 6.17. The van der Waals surface area contributed by atoms with E-state index in [1.807, 2.05) is 13.0 Å². The quantitative estimate of drug-likeness (QED) is 0.432. The number of nitrogens with one attached hydrogen (secondary N) is 1. The van der Waals surface area contributed by atoms with Crippen molar-refractivity contribution in [1.82, 2.24) is 25.2 Å². The van der Waals surface area contributed by atoms with Gasteiger partial charge in [-0.2, -0.15) is 0 Å². The van der Waals surface area contributed by atoms with Crippen LogP contribution in [0.5, 0.6) is 5.75 Å². The molecule has 2 aromatic heterocycles. The molecule has 0 bridgehead atoms. The van der Waals surface area contributed by atoms with Crippen LogP contribution in [0.1, 0.15) is 63.6 Å². The molecule has 9 heteroatoms. The largest absolute Gasteiger partial charge is 0.485 e. The predicted octanol–water partition coefficient (Wildman–Crippen LogP) is 3.15. The summed E-state index contributed by atoms with van der Waals surface area (Å²) in [5.41, 5.74) is 5.79. The standard InChI is InChI=1S/C28H35N5O4/c1-18-24-8-9-33(13-21(24)6-7-26(18)36-15-27-19(2)32-17-37-27)14-23(34)12-29-28(35)25-11-22(30-16-31-25)10-20-4-3-5-20/h6-7,11,16-17,20,23,34H,3-5,8-10,12-15H2,1-2H3,(H,29,35)/t23-/m0/s1. The minimum absolute atomic E-state index is 0.178. The lowest BCUT2D eigenvalue weighted by atomic mass is 9.82. The number of nitrogens with zero attached hydrogens (tertiary/aromatic N) is 4. The Hall–Kier alpha value is -3.30. The molecule has 1 aromatic carbocycles. The van der Waals surface area contributed by atoms with Crippen LogP contribution >= 0.6 is 0 Å². The number of ether oxygens (including phenoxy) is 1. The van der Waals surface area contributed by atoms with Gasteiger partial charge in [0, 0.05) is 31.9 Å². The topological polar surface area (TPSA) is 114 Å². The summed E-state index contributed by atoms with van der Waals surface area (Å²) in [7, 11) is 0. The number of β-amino-alcohol motifs (C(OH)–C–C–N with tert-alkyl or cyclic N) is 1. The maximum Gasteiger partial charge on any atom is 0.270 e. The summed E-state index contributed by atoms with van der Waals surface area (Å²) < 4.78 is 11.4. The highest BCUT2D eigenvalue weighted by atomic mass is 16.5. The van der Waals surface area contributed by atoms with E-state index in [0.717, 1.165) is 54.4 Å². The zero-order chi connectivity index (χ0) is 25.8. The van der Waals surface area contributed by atoms with E-state index in [1.54, 1.807) is 6.07 Å². The second kappa shape index (κ2) is 11.4. The monoisotopic (exact) mass is 505 g/mol. The summed E-state index contributed by atoms with van der Waals surface area (Å²) in [6.45, 7) is 6.59. The number of hydrogen-bond acceptors (Lipinski definition) is 8. The SMILES string of the molecule is Cc1ncoc1COc1ccc2c(c1C)CCN(C[C@@H](O)CNC(=O)c1cc(CC3CCC3)ncn1)C2. The van der Waals surface area contributed by atoms with Gasteiger partial charge in [0.05, 0.1) is 11.8 Å². The second-order valence-corrected chi connectivity index (χ2v) is 10.2. The Kier molecular flexibility index (Phi) is 7.81. The third-order valence-corrected chi connectivity index (χ3v) is 7.57. The molecular weight excluding hydrogens is 470 g/mol. The van der Waals surface area contributed by atoms with Crippen molar-refractivity contribution < 1.29 is 19.1 Å². The number of aliphatic hydroxyl groups excluding tert-OH is 1. The Morgan fingerprint density at radius 3 is 2.89 bits per heavy atom. The number of aromatic nitrogens is 3. The first-order valence-electron chi connectivity index (χ1n) is 13.1. The van der Waals surface area contributed by atoms with Crippen molar-refractivity contribution >= 4 is 5.91 Å². The average Bonchev–Trinajstić information content (AvgIpc) is 3.29. The van der Waals surface area contributed by atoms with E-state index < -0.39 is 6.10 Å². The molecule has 3 heterocycles. The van der Waals surface area contributed by atoms with Crippen LogP contribution in [-0.4, -0.2) is 56.6 Å². The highest BCUT2D eigenvalue weighted by Crippen LogP contribution is 2.30. The van der Waals surface area contributed by atoms with E-state index in [0.29, 0.717) is 24.8 Å². The molecule has 1 amide bonds. The molecule has 1 aliphatic heterocycles. The molecule has 3 aromatic rings. The number of hydrogen-bond donors (Lipinski definition) is 2. The molecule has 0 saturated heterocycles. The molecular formula is C28H35N5O4. The molecule has 196 valence electrons. The number of fused-ring (bicyclic) bond motifs is 1. The second-order valence-electron chi connectivity index (χ2n) is 10.2. The van der Waals surface area contributed by atoms with Gasteiger partial charge < -0.3 is 19.6 Å². The number of carbonyl (C=O) groups is 1. The van der Waals surface area contributed by atoms with E-state index >= 15 is 0 Å². The van der Waals surface area contributed by atoms with Crippen LogP contribution in [0.3, 0.4) is 0 Å². The van der Waals surface area contributed by atoms with Gasteiger partial charge in [0.1, 0.15) is 24.4 Å². The Balaban J connectivity index is 1.10. The van der Waals surface area contributed by atoms with Gasteiger partial charge in [-0.3, -0.25) is 9.69 Å².